The second-order valence-corrected chi connectivity index (χ2v) is 23.0. The molecule has 0 heterocycles. The standard InChI is InChI=1S/C58H74B2P/c1-41-33-45(5)55(46(6)34-41)59(56-47(7)35-42(2)36-48(56)8)29-21-15-23-31-61(53-25-17-13-18-26-53,54-27-19-14-20-28-54)32-24-16-22-30-60(57-49(9)37-43(3)38-50(57)10)58-51(11)39-44(4)40-52(58)12/h13-14,17-20,25-28,33-40H,15-16,21-24,29-32H2,1-12H3/q+1. The molecule has 0 spiro atoms. The van der Waals surface area contributed by atoms with E-state index in [0.29, 0.717) is 13.4 Å². The van der Waals surface area contributed by atoms with Crippen LogP contribution in [0.1, 0.15) is 105 Å². The van der Waals surface area contributed by atoms with Crippen LogP contribution in [-0.2, 0) is 0 Å². The van der Waals surface area contributed by atoms with Crippen LogP contribution in [0.2, 0.25) is 12.6 Å². The number of rotatable bonds is 18. The summed E-state index contributed by atoms with van der Waals surface area (Å²) in [7, 11) is -1.65. The average Bonchev–Trinajstić information content (AvgIpc) is 3.18. The molecular formula is C58H74B2P+. The van der Waals surface area contributed by atoms with Crippen molar-refractivity contribution in [3.63, 3.8) is 0 Å². The Morgan fingerprint density at radius 2 is 0.557 bits per heavy atom. The Hall–Kier alpha value is -4.12. The van der Waals surface area contributed by atoms with Crippen LogP contribution in [0.25, 0.3) is 0 Å². The summed E-state index contributed by atoms with van der Waals surface area (Å²) < 4.78 is 0. The molecule has 0 aliphatic rings. The molecule has 316 valence electrons. The molecule has 3 heteroatoms. The molecule has 0 bridgehead atoms. The van der Waals surface area contributed by atoms with E-state index in [1.807, 2.05) is 0 Å². The molecule has 0 unspecified atom stereocenters. The van der Waals surface area contributed by atoms with E-state index in [2.05, 4.69) is 192 Å². The van der Waals surface area contributed by atoms with Gasteiger partial charge in [-0.1, -0.05) is 212 Å². The minimum absolute atomic E-state index is 0.424. The highest BCUT2D eigenvalue weighted by Gasteiger charge is 2.41. The van der Waals surface area contributed by atoms with Gasteiger partial charge in [0.15, 0.2) is 0 Å². The first-order valence-electron chi connectivity index (χ1n) is 23.5. The maximum absolute atomic E-state index is 2.46. The van der Waals surface area contributed by atoms with Crippen molar-refractivity contribution in [2.75, 3.05) is 12.3 Å². The summed E-state index contributed by atoms with van der Waals surface area (Å²) >= 11 is 0. The molecule has 0 aliphatic carbocycles. The van der Waals surface area contributed by atoms with Gasteiger partial charge in [-0.3, -0.25) is 0 Å². The third kappa shape index (κ3) is 10.9. The largest absolute Gasteiger partial charge is 0.210 e. The molecule has 6 aromatic carbocycles. The fraction of sp³-hybridized carbons (Fsp3) is 0.379. The van der Waals surface area contributed by atoms with Crippen molar-refractivity contribution >= 4 is 53.1 Å². The Kier molecular flexibility index (Phi) is 15.8. The lowest BCUT2D eigenvalue weighted by Gasteiger charge is -2.28. The summed E-state index contributed by atoms with van der Waals surface area (Å²) in [4.78, 5) is 0. The summed E-state index contributed by atoms with van der Waals surface area (Å²) in [6.45, 7) is 28.6. The first-order chi connectivity index (χ1) is 29.2. The van der Waals surface area contributed by atoms with Crippen LogP contribution in [0.3, 0.4) is 0 Å². The number of benzene rings is 6. The van der Waals surface area contributed by atoms with Crippen molar-refractivity contribution < 1.29 is 0 Å². The molecule has 0 atom stereocenters. The Labute approximate surface area is 373 Å². The molecule has 61 heavy (non-hydrogen) atoms. The normalized spacial score (nSPS) is 11.6. The third-order valence-corrected chi connectivity index (χ3v) is 18.6. The average molecular weight is 824 g/mol. The third-order valence-electron chi connectivity index (χ3n) is 13.9. The first-order valence-corrected chi connectivity index (χ1v) is 25.7. The summed E-state index contributed by atoms with van der Waals surface area (Å²) in [6.07, 6.45) is 12.5. The van der Waals surface area contributed by atoms with Crippen LogP contribution in [0, 0.1) is 83.1 Å². The minimum atomic E-state index is -1.65. The molecule has 6 aromatic rings. The summed E-state index contributed by atoms with van der Waals surface area (Å²) in [5.74, 6) is 0. The molecule has 0 amide bonds. The summed E-state index contributed by atoms with van der Waals surface area (Å²) in [5.41, 5.74) is 23.2. The molecule has 0 nitrogen and oxygen atoms in total. The molecule has 0 aromatic heterocycles. The molecule has 0 N–H and O–H groups in total. The number of aryl methyl sites for hydroxylation is 12. The van der Waals surface area contributed by atoms with Gasteiger partial charge >= 0.3 is 0 Å². The fourth-order valence-corrected chi connectivity index (χ4v) is 16.4. The molecule has 0 aliphatic heterocycles. The van der Waals surface area contributed by atoms with Crippen LogP contribution in [0.5, 0.6) is 0 Å². The van der Waals surface area contributed by atoms with E-state index in [1.54, 1.807) is 32.5 Å². The predicted molar refractivity (Wildman–Crippen MR) is 279 cm³/mol. The Balaban J connectivity index is 1.23. The van der Waals surface area contributed by atoms with Crippen molar-refractivity contribution in [1.29, 1.82) is 0 Å². The molecule has 0 saturated heterocycles. The lowest BCUT2D eigenvalue weighted by Crippen LogP contribution is -2.47. The van der Waals surface area contributed by atoms with Gasteiger partial charge in [-0.2, -0.15) is 0 Å². The number of unbranched alkanes of at least 4 members (excludes halogenated alkanes) is 4. The minimum Gasteiger partial charge on any atom is -0.0684 e. The van der Waals surface area contributed by atoms with Crippen LogP contribution < -0.4 is 32.5 Å². The number of hydrogen-bond acceptors (Lipinski definition) is 0. The highest BCUT2D eigenvalue weighted by Crippen LogP contribution is 2.58. The van der Waals surface area contributed by atoms with Crippen molar-refractivity contribution in [3.05, 3.63) is 176 Å². The van der Waals surface area contributed by atoms with Gasteiger partial charge in [-0.15, -0.1) is 0 Å². The Morgan fingerprint density at radius 1 is 0.311 bits per heavy atom. The van der Waals surface area contributed by atoms with Crippen molar-refractivity contribution in [1.82, 2.24) is 0 Å². The maximum atomic E-state index is 2.46. The zero-order chi connectivity index (χ0) is 43.8. The van der Waals surface area contributed by atoms with Gasteiger partial charge in [0.05, 0.1) is 30.2 Å². The topological polar surface area (TPSA) is 0 Å². The fourth-order valence-electron chi connectivity index (χ4n) is 11.8. The lowest BCUT2D eigenvalue weighted by atomic mass is 9.35. The molecular weight excluding hydrogens is 749 g/mol. The van der Waals surface area contributed by atoms with Crippen molar-refractivity contribution in [2.24, 2.45) is 0 Å². The summed E-state index contributed by atoms with van der Waals surface area (Å²) in [5, 5.41) is 3.18. The zero-order valence-corrected chi connectivity index (χ0v) is 41.0. The van der Waals surface area contributed by atoms with Gasteiger partial charge in [0, 0.05) is 0 Å². The highest BCUT2D eigenvalue weighted by atomic mass is 31.2. The Bertz CT molecular complexity index is 2030. The van der Waals surface area contributed by atoms with Crippen molar-refractivity contribution in [2.45, 2.75) is 134 Å². The quantitative estimate of drug-likeness (QED) is 0.0460. The second-order valence-electron chi connectivity index (χ2n) is 19.1. The Morgan fingerprint density at radius 3 is 0.803 bits per heavy atom. The van der Waals surface area contributed by atoms with E-state index in [1.165, 1.54) is 130 Å². The highest BCUT2D eigenvalue weighted by molar-refractivity contribution is 7.89. The monoisotopic (exact) mass is 824 g/mol. The van der Waals surface area contributed by atoms with Crippen LogP contribution >= 0.6 is 7.26 Å². The maximum Gasteiger partial charge on any atom is 0.210 e. The smallest absolute Gasteiger partial charge is 0.0684 e. The van der Waals surface area contributed by atoms with E-state index in [-0.39, 0.29) is 0 Å². The summed E-state index contributed by atoms with van der Waals surface area (Å²) in [6, 6.07) is 42.7. The van der Waals surface area contributed by atoms with Gasteiger partial charge in [0.25, 0.3) is 0 Å². The van der Waals surface area contributed by atoms with Crippen LogP contribution in [0.4, 0.5) is 0 Å². The molecule has 6 rings (SSSR count). The van der Waals surface area contributed by atoms with Crippen molar-refractivity contribution in [3.8, 4) is 0 Å². The van der Waals surface area contributed by atoms with E-state index in [9.17, 15) is 0 Å². The van der Waals surface area contributed by atoms with Gasteiger partial charge in [-0.25, -0.2) is 0 Å². The SMILES string of the molecule is Cc1cc(C)c(B(CCCCC[P+](CCCCCB(c2c(C)cc(C)cc2C)c2c(C)cc(C)cc2C)(c2ccccc2)c2ccccc2)c2c(C)cc(C)cc2C)c(C)c1. The van der Waals surface area contributed by atoms with Crippen LogP contribution in [0.15, 0.2) is 109 Å². The van der Waals surface area contributed by atoms with E-state index < -0.39 is 7.26 Å². The zero-order valence-electron chi connectivity index (χ0n) is 40.1. The predicted octanol–water partition coefficient (Wildman–Crippen LogP) is 12.3. The van der Waals surface area contributed by atoms with Gasteiger partial charge in [0.2, 0.25) is 13.4 Å². The molecule has 0 saturated carbocycles. The molecule has 0 fully saturated rings. The van der Waals surface area contributed by atoms with E-state index in [0.717, 1.165) is 0 Å². The lowest BCUT2D eigenvalue weighted by molar-refractivity contribution is 0.757. The number of hydrogen-bond donors (Lipinski definition) is 0. The van der Waals surface area contributed by atoms with Gasteiger partial charge in [0.1, 0.15) is 0 Å². The van der Waals surface area contributed by atoms with E-state index in [4.69, 9.17) is 0 Å². The first kappa shape index (κ1) is 46.4. The van der Waals surface area contributed by atoms with Crippen LogP contribution in [-0.4, -0.2) is 25.7 Å². The second kappa shape index (κ2) is 20.8. The molecule has 0 radical (unpaired) electrons. The van der Waals surface area contributed by atoms with Gasteiger partial charge < -0.3 is 0 Å². The van der Waals surface area contributed by atoms with E-state index >= 15 is 0 Å². The van der Waals surface area contributed by atoms with Gasteiger partial charge in [-0.05, 0) is 120 Å².